The van der Waals surface area contributed by atoms with E-state index < -0.39 is 4.92 Å². The molecule has 0 aliphatic rings. The Balaban J connectivity index is 2.11. The normalized spacial score (nSPS) is 9.85. The quantitative estimate of drug-likeness (QED) is 0.513. The lowest BCUT2D eigenvalue weighted by atomic mass is 10.3. The van der Waals surface area contributed by atoms with E-state index >= 15 is 0 Å². The lowest BCUT2D eigenvalue weighted by Crippen LogP contribution is -2.19. The average Bonchev–Trinajstić information content (AvgIpc) is 2.42. The second-order valence-corrected chi connectivity index (χ2v) is 4.56. The van der Waals surface area contributed by atoms with Crippen molar-refractivity contribution in [2.45, 2.75) is 0 Å². The zero-order valence-electron chi connectivity index (χ0n) is 10.0. The van der Waals surface area contributed by atoms with Crippen LogP contribution in [0.1, 0.15) is 0 Å². The molecule has 0 atom stereocenters. The van der Waals surface area contributed by atoms with Gasteiger partial charge in [0.2, 0.25) is 0 Å². The summed E-state index contributed by atoms with van der Waals surface area (Å²) in [6.45, 7) is 0. The van der Waals surface area contributed by atoms with Gasteiger partial charge in [0.05, 0.1) is 27.5 Å². The maximum atomic E-state index is 10.7. The number of halogens is 1. The van der Waals surface area contributed by atoms with Crippen molar-refractivity contribution in [3.8, 4) is 0 Å². The van der Waals surface area contributed by atoms with E-state index in [1.807, 2.05) is 0 Å². The van der Waals surface area contributed by atoms with E-state index in [-0.39, 0.29) is 10.8 Å². The molecule has 0 aliphatic heterocycles. The summed E-state index contributed by atoms with van der Waals surface area (Å²) in [6.07, 6.45) is 3.24. The van der Waals surface area contributed by atoms with Crippen molar-refractivity contribution in [1.29, 1.82) is 0 Å². The largest absolute Gasteiger partial charge is 0.331 e. The molecule has 0 saturated carbocycles. The number of nitro benzene ring substituents is 1. The lowest BCUT2D eigenvalue weighted by Gasteiger charge is -2.11. The molecule has 0 aliphatic carbocycles. The molecule has 6 nitrogen and oxygen atoms in total. The number of hydrogen-bond acceptors (Lipinski definition) is 4. The van der Waals surface area contributed by atoms with Crippen LogP contribution < -0.4 is 10.6 Å². The van der Waals surface area contributed by atoms with Gasteiger partial charge in [0.1, 0.15) is 0 Å². The molecule has 102 valence electrons. The van der Waals surface area contributed by atoms with Crippen LogP contribution in [0.2, 0.25) is 5.02 Å². The molecule has 20 heavy (non-hydrogen) atoms. The van der Waals surface area contributed by atoms with Gasteiger partial charge in [0, 0.05) is 18.3 Å². The Kier molecular flexibility index (Phi) is 4.44. The van der Waals surface area contributed by atoms with Gasteiger partial charge in [-0.15, -0.1) is 0 Å². The third-order valence-electron chi connectivity index (χ3n) is 2.33. The van der Waals surface area contributed by atoms with Gasteiger partial charge >= 0.3 is 0 Å². The van der Waals surface area contributed by atoms with Crippen LogP contribution in [0.3, 0.4) is 0 Å². The Morgan fingerprint density at radius 3 is 2.80 bits per heavy atom. The molecule has 0 spiro atoms. The van der Waals surface area contributed by atoms with Crippen molar-refractivity contribution >= 4 is 46.0 Å². The van der Waals surface area contributed by atoms with E-state index in [0.717, 1.165) is 0 Å². The van der Waals surface area contributed by atoms with E-state index in [2.05, 4.69) is 15.6 Å². The highest BCUT2D eigenvalue weighted by Gasteiger charge is 2.10. The van der Waals surface area contributed by atoms with Gasteiger partial charge in [0.25, 0.3) is 5.69 Å². The molecular formula is C12H9ClN4O2S. The third kappa shape index (κ3) is 3.62. The van der Waals surface area contributed by atoms with Crippen LogP contribution in [-0.2, 0) is 0 Å². The zero-order chi connectivity index (χ0) is 14.5. The molecule has 2 rings (SSSR count). The minimum Gasteiger partial charge on any atom is -0.331 e. The van der Waals surface area contributed by atoms with Gasteiger partial charge in [-0.25, -0.2) is 0 Å². The topological polar surface area (TPSA) is 80.1 Å². The molecule has 0 saturated heterocycles. The first-order valence-electron chi connectivity index (χ1n) is 5.48. The number of hydrogen-bond donors (Lipinski definition) is 2. The van der Waals surface area contributed by atoms with Crippen molar-refractivity contribution < 1.29 is 4.92 Å². The molecular weight excluding hydrogens is 300 g/mol. The number of pyridine rings is 1. The number of nitro groups is 1. The molecule has 1 aromatic heterocycles. The molecule has 0 unspecified atom stereocenters. The van der Waals surface area contributed by atoms with Crippen molar-refractivity contribution in [2.75, 3.05) is 10.6 Å². The van der Waals surface area contributed by atoms with Crippen LogP contribution in [0.15, 0.2) is 42.7 Å². The number of nitrogens with zero attached hydrogens (tertiary/aromatic N) is 2. The number of thiocarbonyl (C=S) groups is 1. The number of aromatic nitrogens is 1. The zero-order valence-corrected chi connectivity index (χ0v) is 11.6. The lowest BCUT2D eigenvalue weighted by molar-refractivity contribution is -0.384. The molecule has 2 N–H and O–H groups in total. The first-order valence-corrected chi connectivity index (χ1v) is 6.27. The minimum atomic E-state index is -0.501. The van der Waals surface area contributed by atoms with E-state index in [9.17, 15) is 10.1 Å². The van der Waals surface area contributed by atoms with Crippen LogP contribution >= 0.6 is 23.8 Å². The van der Waals surface area contributed by atoms with Crippen LogP contribution in [0.4, 0.5) is 17.1 Å². The standard InChI is InChI=1S/C12H9ClN4O2S/c13-10-4-3-9(17(18)19)6-11(10)16-12(20)15-8-2-1-5-14-7-8/h1-7H,(H2,15,16,20). The van der Waals surface area contributed by atoms with E-state index in [0.29, 0.717) is 16.4 Å². The smallest absolute Gasteiger partial charge is 0.271 e. The minimum absolute atomic E-state index is 0.0684. The molecule has 1 heterocycles. The Labute approximate surface area is 124 Å². The summed E-state index contributed by atoms with van der Waals surface area (Å²) >= 11 is 11.1. The molecule has 0 fully saturated rings. The fraction of sp³-hybridized carbons (Fsp3) is 0. The van der Waals surface area contributed by atoms with Gasteiger partial charge in [-0.2, -0.15) is 0 Å². The highest BCUT2D eigenvalue weighted by Crippen LogP contribution is 2.26. The molecule has 0 bridgehead atoms. The number of anilines is 2. The first-order chi connectivity index (χ1) is 9.56. The van der Waals surface area contributed by atoms with E-state index in [1.165, 1.54) is 18.2 Å². The molecule has 0 amide bonds. The van der Waals surface area contributed by atoms with Crippen LogP contribution in [0.5, 0.6) is 0 Å². The second-order valence-electron chi connectivity index (χ2n) is 3.74. The summed E-state index contributed by atoms with van der Waals surface area (Å²) < 4.78 is 0. The highest BCUT2D eigenvalue weighted by atomic mass is 35.5. The summed E-state index contributed by atoms with van der Waals surface area (Å²) in [4.78, 5) is 14.2. The fourth-order valence-electron chi connectivity index (χ4n) is 1.44. The second kappa shape index (κ2) is 6.27. The maximum absolute atomic E-state index is 10.7. The summed E-state index contributed by atoms with van der Waals surface area (Å²) in [5, 5.41) is 17.0. The number of nitrogens with one attached hydrogen (secondary N) is 2. The fourth-order valence-corrected chi connectivity index (χ4v) is 1.84. The molecule has 0 radical (unpaired) electrons. The summed E-state index contributed by atoms with van der Waals surface area (Å²) in [6, 6.07) is 7.63. The summed E-state index contributed by atoms with van der Waals surface area (Å²) in [5.74, 6) is 0. The van der Waals surface area contributed by atoms with Crippen LogP contribution in [-0.4, -0.2) is 15.0 Å². The molecule has 8 heteroatoms. The predicted octanol–water partition coefficient (Wildman–Crippen LogP) is 3.45. The Morgan fingerprint density at radius 2 is 2.15 bits per heavy atom. The predicted molar refractivity (Wildman–Crippen MR) is 82.2 cm³/mol. The third-order valence-corrected chi connectivity index (χ3v) is 2.86. The van der Waals surface area contributed by atoms with Crippen molar-refractivity contribution in [3.05, 3.63) is 57.9 Å². The van der Waals surface area contributed by atoms with Crippen molar-refractivity contribution in [1.82, 2.24) is 4.98 Å². The van der Waals surface area contributed by atoms with E-state index in [1.54, 1.807) is 24.5 Å². The number of benzene rings is 1. The summed E-state index contributed by atoms with van der Waals surface area (Å²) in [7, 11) is 0. The van der Waals surface area contributed by atoms with Crippen molar-refractivity contribution in [2.24, 2.45) is 0 Å². The first kappa shape index (κ1) is 14.2. The maximum Gasteiger partial charge on any atom is 0.271 e. The van der Waals surface area contributed by atoms with E-state index in [4.69, 9.17) is 23.8 Å². The SMILES string of the molecule is O=[N+]([O-])c1ccc(Cl)c(NC(=S)Nc2cccnc2)c1. The highest BCUT2D eigenvalue weighted by molar-refractivity contribution is 7.80. The Bertz CT molecular complexity index is 651. The Morgan fingerprint density at radius 1 is 1.35 bits per heavy atom. The monoisotopic (exact) mass is 308 g/mol. The van der Waals surface area contributed by atoms with Gasteiger partial charge < -0.3 is 10.6 Å². The molecule has 1 aromatic carbocycles. The van der Waals surface area contributed by atoms with Crippen LogP contribution in [0, 0.1) is 10.1 Å². The average molecular weight is 309 g/mol. The van der Waals surface area contributed by atoms with Crippen molar-refractivity contribution in [3.63, 3.8) is 0 Å². The Hall–Kier alpha value is -2.25. The van der Waals surface area contributed by atoms with Gasteiger partial charge in [0.15, 0.2) is 5.11 Å². The number of rotatable bonds is 3. The molecule has 2 aromatic rings. The summed E-state index contributed by atoms with van der Waals surface area (Å²) in [5.41, 5.74) is 0.995. The van der Waals surface area contributed by atoms with Gasteiger partial charge in [-0.3, -0.25) is 15.1 Å². The number of non-ortho nitro benzene ring substituents is 1. The van der Waals surface area contributed by atoms with Gasteiger partial charge in [-0.1, -0.05) is 11.6 Å². The van der Waals surface area contributed by atoms with Gasteiger partial charge in [-0.05, 0) is 30.4 Å². The van der Waals surface area contributed by atoms with Crippen LogP contribution in [0.25, 0.3) is 0 Å².